The number of nitrogens with one attached hydrogen (secondary N) is 1. The van der Waals surface area contributed by atoms with E-state index in [0.717, 1.165) is 18.0 Å². The second kappa shape index (κ2) is 6.51. The van der Waals surface area contributed by atoms with E-state index in [1.54, 1.807) is 11.3 Å². The van der Waals surface area contributed by atoms with Crippen molar-refractivity contribution in [1.29, 1.82) is 0 Å². The summed E-state index contributed by atoms with van der Waals surface area (Å²) in [5.41, 5.74) is 2.67. The minimum atomic E-state index is 0.404. The zero-order chi connectivity index (χ0) is 14.8. The fourth-order valence-corrected chi connectivity index (χ4v) is 4.53. The molecule has 1 saturated carbocycles. The molecule has 1 N–H and O–H groups in total. The van der Waals surface area contributed by atoms with Crippen LogP contribution in [0.25, 0.3) is 0 Å². The van der Waals surface area contributed by atoms with Gasteiger partial charge in [0.25, 0.3) is 0 Å². The molecular weight excluding hydrogens is 298 g/mol. The quantitative estimate of drug-likeness (QED) is 0.735. The molecule has 1 aromatic heterocycles. The zero-order valence-corrected chi connectivity index (χ0v) is 14.2. The lowest BCUT2D eigenvalue weighted by atomic mass is 10.0. The van der Waals surface area contributed by atoms with Gasteiger partial charge in [-0.3, -0.25) is 0 Å². The highest BCUT2D eigenvalue weighted by Gasteiger charge is 2.45. The first-order valence-corrected chi connectivity index (χ1v) is 9.00. The Morgan fingerprint density at radius 3 is 2.71 bits per heavy atom. The van der Waals surface area contributed by atoms with Crippen molar-refractivity contribution in [2.24, 2.45) is 5.92 Å². The highest BCUT2D eigenvalue weighted by atomic mass is 35.5. The van der Waals surface area contributed by atoms with Gasteiger partial charge in [0.1, 0.15) is 0 Å². The molecule has 0 amide bonds. The van der Waals surface area contributed by atoms with Crippen LogP contribution in [0, 0.1) is 12.8 Å². The van der Waals surface area contributed by atoms with Crippen molar-refractivity contribution in [3.05, 3.63) is 56.7 Å². The maximum Gasteiger partial charge on any atom is 0.0590 e. The van der Waals surface area contributed by atoms with Crippen LogP contribution < -0.4 is 5.32 Å². The molecule has 1 heterocycles. The topological polar surface area (TPSA) is 12.0 Å². The van der Waals surface area contributed by atoms with Gasteiger partial charge in [0, 0.05) is 10.9 Å². The van der Waals surface area contributed by atoms with E-state index in [0.29, 0.717) is 17.9 Å². The average Bonchev–Trinajstić information content (AvgIpc) is 3.24. The first-order chi connectivity index (χ1) is 10.2. The Bertz CT molecular complexity index is 593. The zero-order valence-electron chi connectivity index (χ0n) is 12.6. The largest absolute Gasteiger partial charge is 0.309 e. The second-order valence-corrected chi connectivity index (χ2v) is 7.23. The second-order valence-electron chi connectivity index (χ2n) is 5.95. The van der Waals surface area contributed by atoms with E-state index in [2.05, 4.69) is 54.9 Å². The van der Waals surface area contributed by atoms with Crippen molar-refractivity contribution >= 4 is 22.9 Å². The predicted molar refractivity (Wildman–Crippen MR) is 92.4 cm³/mol. The lowest BCUT2D eigenvalue weighted by molar-refractivity contribution is 0.480. The Morgan fingerprint density at radius 2 is 2.10 bits per heavy atom. The Hall–Kier alpha value is -0.830. The van der Waals surface area contributed by atoms with Gasteiger partial charge in [0.2, 0.25) is 0 Å². The molecule has 0 spiro atoms. The molecule has 0 bridgehead atoms. The first-order valence-electron chi connectivity index (χ1n) is 7.74. The molecule has 3 unspecified atom stereocenters. The van der Waals surface area contributed by atoms with Crippen molar-refractivity contribution in [3.8, 4) is 0 Å². The number of hydrogen-bond acceptors (Lipinski definition) is 2. The Kier molecular flexibility index (Phi) is 4.68. The molecule has 112 valence electrons. The van der Waals surface area contributed by atoms with Crippen LogP contribution in [0.4, 0.5) is 0 Å². The predicted octanol–water partition coefficient (Wildman–Crippen LogP) is 5.55. The number of rotatable bonds is 6. The first kappa shape index (κ1) is 15.1. The Balaban J connectivity index is 1.80. The van der Waals surface area contributed by atoms with Crippen LogP contribution in [0.2, 0.25) is 5.02 Å². The third-order valence-corrected chi connectivity index (χ3v) is 6.11. The molecule has 0 aliphatic heterocycles. The maximum absolute atomic E-state index is 6.52. The summed E-state index contributed by atoms with van der Waals surface area (Å²) < 4.78 is 0. The number of halogens is 1. The Labute approximate surface area is 136 Å². The molecule has 21 heavy (non-hydrogen) atoms. The van der Waals surface area contributed by atoms with Gasteiger partial charge >= 0.3 is 0 Å². The van der Waals surface area contributed by atoms with Crippen molar-refractivity contribution in [2.75, 3.05) is 6.54 Å². The van der Waals surface area contributed by atoms with Crippen molar-refractivity contribution in [1.82, 2.24) is 5.32 Å². The summed E-state index contributed by atoms with van der Waals surface area (Å²) in [4.78, 5) is 1.33. The van der Waals surface area contributed by atoms with Crippen molar-refractivity contribution in [3.63, 3.8) is 0 Å². The van der Waals surface area contributed by atoms with Gasteiger partial charge in [0.05, 0.1) is 5.02 Å². The summed E-state index contributed by atoms with van der Waals surface area (Å²) in [5, 5.41) is 6.87. The van der Waals surface area contributed by atoms with Gasteiger partial charge in [-0.1, -0.05) is 48.9 Å². The summed E-state index contributed by atoms with van der Waals surface area (Å²) in [6.07, 6.45) is 2.42. The van der Waals surface area contributed by atoms with Crippen LogP contribution in [0.5, 0.6) is 0 Å². The van der Waals surface area contributed by atoms with Gasteiger partial charge in [-0.25, -0.2) is 0 Å². The molecule has 2 aromatic rings. The number of thiophene rings is 1. The summed E-state index contributed by atoms with van der Waals surface area (Å²) in [6, 6.07) is 11.3. The van der Waals surface area contributed by atoms with Crippen molar-refractivity contribution < 1.29 is 0 Å². The molecule has 0 radical (unpaired) electrons. The fraction of sp³-hybridized carbons (Fsp3) is 0.444. The monoisotopic (exact) mass is 319 g/mol. The lowest BCUT2D eigenvalue weighted by Gasteiger charge is -2.18. The summed E-state index contributed by atoms with van der Waals surface area (Å²) in [5.74, 6) is 1.36. The van der Waals surface area contributed by atoms with Gasteiger partial charge < -0.3 is 5.32 Å². The highest BCUT2D eigenvalue weighted by Crippen LogP contribution is 2.55. The minimum Gasteiger partial charge on any atom is -0.309 e. The van der Waals surface area contributed by atoms with Gasteiger partial charge in [0.15, 0.2) is 0 Å². The molecule has 3 atom stereocenters. The normalized spacial score (nSPS) is 22.2. The van der Waals surface area contributed by atoms with Crippen LogP contribution in [-0.4, -0.2) is 6.54 Å². The van der Waals surface area contributed by atoms with E-state index < -0.39 is 0 Å². The Morgan fingerprint density at radius 1 is 1.33 bits per heavy atom. The van der Waals surface area contributed by atoms with E-state index in [-0.39, 0.29) is 0 Å². The summed E-state index contributed by atoms with van der Waals surface area (Å²) in [6.45, 7) is 5.36. The van der Waals surface area contributed by atoms with E-state index in [1.165, 1.54) is 22.4 Å². The molecule has 3 rings (SSSR count). The number of benzene rings is 1. The smallest absolute Gasteiger partial charge is 0.0590 e. The van der Waals surface area contributed by atoms with Crippen LogP contribution in [0.15, 0.2) is 35.7 Å². The average molecular weight is 320 g/mol. The van der Waals surface area contributed by atoms with Crippen LogP contribution in [-0.2, 0) is 0 Å². The third kappa shape index (κ3) is 3.18. The molecule has 1 aromatic carbocycles. The fourth-order valence-electron chi connectivity index (χ4n) is 3.06. The summed E-state index contributed by atoms with van der Waals surface area (Å²) in [7, 11) is 0. The maximum atomic E-state index is 6.52. The number of hydrogen-bond donors (Lipinski definition) is 1. The summed E-state index contributed by atoms with van der Waals surface area (Å²) >= 11 is 8.32. The SMILES string of the molecule is CCCNC(c1scc(C)c1Cl)C1CC1c1ccccc1. The van der Waals surface area contributed by atoms with Crippen LogP contribution in [0.3, 0.4) is 0 Å². The molecule has 1 aliphatic rings. The van der Waals surface area contributed by atoms with Gasteiger partial charge in [-0.2, -0.15) is 0 Å². The molecule has 1 aliphatic carbocycles. The molecule has 1 fully saturated rings. The van der Waals surface area contributed by atoms with Gasteiger partial charge in [-0.05, 0) is 54.7 Å². The van der Waals surface area contributed by atoms with E-state index in [9.17, 15) is 0 Å². The standard InChI is InChI=1S/C18H22ClNS/c1-3-9-20-17(18-16(19)12(2)11-21-18)15-10-14(15)13-7-5-4-6-8-13/h4-8,11,14-15,17,20H,3,9-10H2,1-2H3. The highest BCUT2D eigenvalue weighted by molar-refractivity contribution is 7.10. The molecular formula is C18H22ClNS. The number of aryl methyl sites for hydroxylation is 1. The molecule has 3 heteroatoms. The molecule has 0 saturated heterocycles. The van der Waals surface area contributed by atoms with E-state index in [4.69, 9.17) is 11.6 Å². The van der Waals surface area contributed by atoms with Crippen molar-refractivity contribution in [2.45, 2.75) is 38.6 Å². The molecule has 1 nitrogen and oxygen atoms in total. The van der Waals surface area contributed by atoms with E-state index in [1.807, 2.05) is 0 Å². The third-order valence-electron chi connectivity index (χ3n) is 4.32. The van der Waals surface area contributed by atoms with Crippen LogP contribution >= 0.6 is 22.9 Å². The van der Waals surface area contributed by atoms with Gasteiger partial charge in [-0.15, -0.1) is 11.3 Å². The lowest BCUT2D eigenvalue weighted by Crippen LogP contribution is -2.23. The van der Waals surface area contributed by atoms with Crippen LogP contribution in [0.1, 0.15) is 47.7 Å². The van der Waals surface area contributed by atoms with E-state index >= 15 is 0 Å². The minimum absolute atomic E-state index is 0.404.